The number of nitrogen functional groups attached to an aromatic ring is 1. The standard InChI is InChI=1S/C10H15N5O3/c1-4(16)8(17)6-3-13-9(12)7(15-6)10(18)14-5(2)11/h3-5,16H,11H2,1-2H3,(H2,12,13)(H,14,18). The van der Waals surface area contributed by atoms with E-state index >= 15 is 0 Å². The molecule has 1 aromatic rings. The monoisotopic (exact) mass is 253 g/mol. The van der Waals surface area contributed by atoms with Crippen molar-refractivity contribution in [1.82, 2.24) is 15.3 Å². The average molecular weight is 253 g/mol. The molecule has 1 aromatic heterocycles. The van der Waals surface area contributed by atoms with Crippen molar-refractivity contribution in [1.29, 1.82) is 0 Å². The molecule has 0 aliphatic heterocycles. The van der Waals surface area contributed by atoms with Gasteiger partial charge in [0.25, 0.3) is 5.91 Å². The van der Waals surface area contributed by atoms with E-state index in [0.717, 1.165) is 6.20 Å². The number of rotatable bonds is 4. The van der Waals surface area contributed by atoms with E-state index in [9.17, 15) is 9.59 Å². The Balaban J connectivity index is 3.09. The number of ketones is 1. The lowest BCUT2D eigenvalue weighted by Crippen LogP contribution is -2.39. The van der Waals surface area contributed by atoms with Crippen molar-refractivity contribution >= 4 is 17.5 Å². The van der Waals surface area contributed by atoms with Crippen molar-refractivity contribution < 1.29 is 14.7 Å². The van der Waals surface area contributed by atoms with Gasteiger partial charge in [-0.05, 0) is 13.8 Å². The van der Waals surface area contributed by atoms with Gasteiger partial charge in [-0.3, -0.25) is 9.59 Å². The number of carbonyl (C=O) groups is 2. The zero-order valence-electron chi connectivity index (χ0n) is 10.0. The van der Waals surface area contributed by atoms with Gasteiger partial charge in [0.15, 0.2) is 11.5 Å². The van der Waals surface area contributed by atoms with E-state index in [1.165, 1.54) is 6.92 Å². The molecule has 0 aromatic carbocycles. The molecule has 0 fully saturated rings. The molecule has 1 amide bonds. The van der Waals surface area contributed by atoms with E-state index in [2.05, 4.69) is 15.3 Å². The number of nitrogens with zero attached hydrogens (tertiary/aromatic N) is 2. The number of nitrogens with one attached hydrogen (secondary N) is 1. The van der Waals surface area contributed by atoms with Crippen LogP contribution in [0.5, 0.6) is 0 Å². The molecule has 0 radical (unpaired) electrons. The minimum Gasteiger partial charge on any atom is -0.385 e. The maximum absolute atomic E-state index is 11.7. The summed E-state index contributed by atoms with van der Waals surface area (Å²) in [5.74, 6) is -1.39. The number of anilines is 1. The highest BCUT2D eigenvalue weighted by atomic mass is 16.3. The Hall–Kier alpha value is -2.06. The minimum atomic E-state index is -1.23. The highest BCUT2D eigenvalue weighted by Crippen LogP contribution is 2.08. The first-order valence-electron chi connectivity index (χ1n) is 5.24. The van der Waals surface area contributed by atoms with Gasteiger partial charge in [-0.2, -0.15) is 0 Å². The second-order valence-electron chi connectivity index (χ2n) is 3.79. The molecule has 0 aliphatic rings. The van der Waals surface area contributed by atoms with Crippen molar-refractivity contribution in [3.05, 3.63) is 17.6 Å². The Bertz CT molecular complexity index is 473. The number of aromatic nitrogens is 2. The number of aliphatic hydroxyl groups is 1. The largest absolute Gasteiger partial charge is 0.385 e. The number of nitrogens with two attached hydrogens (primary N) is 2. The summed E-state index contributed by atoms with van der Waals surface area (Å²) in [6.45, 7) is 2.86. The third kappa shape index (κ3) is 3.22. The summed E-state index contributed by atoms with van der Waals surface area (Å²) in [6, 6.07) is 0. The zero-order chi connectivity index (χ0) is 13.9. The second kappa shape index (κ2) is 5.52. The zero-order valence-corrected chi connectivity index (χ0v) is 10.0. The Morgan fingerprint density at radius 3 is 2.56 bits per heavy atom. The molecular weight excluding hydrogens is 238 g/mol. The predicted octanol–water partition coefficient (Wildman–Crippen LogP) is -1.34. The molecular formula is C10H15N5O3. The number of aliphatic hydroxyl groups excluding tert-OH is 1. The van der Waals surface area contributed by atoms with Crippen molar-refractivity contribution in [2.24, 2.45) is 5.73 Å². The molecule has 8 nitrogen and oxygen atoms in total. The van der Waals surface area contributed by atoms with Crippen LogP contribution < -0.4 is 16.8 Å². The lowest BCUT2D eigenvalue weighted by atomic mass is 10.2. The van der Waals surface area contributed by atoms with Gasteiger partial charge in [-0.25, -0.2) is 9.97 Å². The van der Waals surface area contributed by atoms with E-state index in [4.69, 9.17) is 16.6 Å². The summed E-state index contributed by atoms with van der Waals surface area (Å²) in [4.78, 5) is 30.7. The average Bonchev–Trinajstić information content (AvgIpc) is 2.27. The SMILES string of the molecule is CC(N)NC(=O)c1nc(C(=O)C(C)O)cnc1N. The molecule has 0 spiro atoms. The fraction of sp³-hybridized carbons (Fsp3) is 0.400. The van der Waals surface area contributed by atoms with Crippen molar-refractivity contribution in [3.63, 3.8) is 0 Å². The Morgan fingerprint density at radius 1 is 1.44 bits per heavy atom. The summed E-state index contributed by atoms with van der Waals surface area (Å²) in [7, 11) is 0. The predicted molar refractivity (Wildman–Crippen MR) is 63.6 cm³/mol. The van der Waals surface area contributed by atoms with Crippen LogP contribution >= 0.6 is 0 Å². The lowest BCUT2D eigenvalue weighted by Gasteiger charge is -2.10. The molecule has 0 saturated carbocycles. The van der Waals surface area contributed by atoms with Gasteiger partial charge in [0.1, 0.15) is 11.8 Å². The molecule has 0 saturated heterocycles. The summed E-state index contributed by atoms with van der Waals surface area (Å²) in [6.07, 6.45) is -0.713. The molecule has 18 heavy (non-hydrogen) atoms. The fourth-order valence-corrected chi connectivity index (χ4v) is 1.17. The van der Waals surface area contributed by atoms with Crippen LogP contribution in [0.4, 0.5) is 5.82 Å². The number of amides is 1. The molecule has 0 aliphatic carbocycles. The number of carbonyl (C=O) groups excluding carboxylic acids is 2. The van der Waals surface area contributed by atoms with Crippen LogP contribution in [-0.2, 0) is 0 Å². The topological polar surface area (TPSA) is 144 Å². The smallest absolute Gasteiger partial charge is 0.274 e. The van der Waals surface area contributed by atoms with Gasteiger partial charge in [0.2, 0.25) is 5.78 Å². The van der Waals surface area contributed by atoms with Crippen LogP contribution in [0.3, 0.4) is 0 Å². The number of hydrogen-bond donors (Lipinski definition) is 4. The summed E-state index contributed by atoms with van der Waals surface area (Å²) in [5, 5.41) is 11.5. The lowest BCUT2D eigenvalue weighted by molar-refractivity contribution is 0.0773. The first-order chi connectivity index (χ1) is 8.32. The normalized spacial score (nSPS) is 13.8. The molecule has 8 heteroatoms. The first kappa shape index (κ1) is 14.0. The molecule has 98 valence electrons. The van der Waals surface area contributed by atoms with Gasteiger partial charge in [0.05, 0.1) is 12.4 Å². The van der Waals surface area contributed by atoms with Gasteiger partial charge >= 0.3 is 0 Å². The Morgan fingerprint density at radius 2 is 2.06 bits per heavy atom. The van der Waals surface area contributed by atoms with Gasteiger partial charge < -0.3 is 21.9 Å². The summed E-state index contributed by atoms with van der Waals surface area (Å²) in [5.41, 5.74) is 10.6. The van der Waals surface area contributed by atoms with Crippen molar-refractivity contribution in [3.8, 4) is 0 Å². The number of Topliss-reactive ketones (excluding diaryl/α,β-unsaturated/α-hetero) is 1. The highest BCUT2D eigenvalue weighted by molar-refractivity contribution is 6.00. The quantitative estimate of drug-likeness (QED) is 0.383. The molecule has 1 heterocycles. The molecule has 0 bridgehead atoms. The van der Waals surface area contributed by atoms with Gasteiger partial charge in [0, 0.05) is 0 Å². The second-order valence-corrected chi connectivity index (χ2v) is 3.79. The van der Waals surface area contributed by atoms with Crippen LogP contribution in [0.25, 0.3) is 0 Å². The Kier molecular flexibility index (Phi) is 4.29. The van der Waals surface area contributed by atoms with Crippen molar-refractivity contribution in [2.45, 2.75) is 26.1 Å². The molecule has 2 unspecified atom stereocenters. The van der Waals surface area contributed by atoms with Crippen LogP contribution in [0.1, 0.15) is 34.8 Å². The molecule has 1 rings (SSSR count). The van der Waals surface area contributed by atoms with Crippen LogP contribution in [0, 0.1) is 0 Å². The molecule has 2 atom stereocenters. The van der Waals surface area contributed by atoms with Crippen LogP contribution in [0.2, 0.25) is 0 Å². The highest BCUT2D eigenvalue weighted by Gasteiger charge is 2.19. The first-order valence-corrected chi connectivity index (χ1v) is 5.24. The van der Waals surface area contributed by atoms with E-state index in [0.29, 0.717) is 0 Å². The third-order valence-corrected chi connectivity index (χ3v) is 2.01. The third-order valence-electron chi connectivity index (χ3n) is 2.01. The Labute approximate surface area is 103 Å². The molecule has 6 N–H and O–H groups in total. The van der Waals surface area contributed by atoms with E-state index < -0.39 is 24.0 Å². The maximum Gasteiger partial charge on any atom is 0.274 e. The van der Waals surface area contributed by atoms with E-state index in [1.807, 2.05) is 0 Å². The number of hydrogen-bond acceptors (Lipinski definition) is 7. The maximum atomic E-state index is 11.7. The minimum absolute atomic E-state index is 0.115. The van der Waals surface area contributed by atoms with E-state index in [-0.39, 0.29) is 17.2 Å². The van der Waals surface area contributed by atoms with Crippen LogP contribution in [-0.4, -0.2) is 39.0 Å². The van der Waals surface area contributed by atoms with E-state index in [1.54, 1.807) is 6.92 Å². The summed E-state index contributed by atoms with van der Waals surface area (Å²) >= 11 is 0. The summed E-state index contributed by atoms with van der Waals surface area (Å²) < 4.78 is 0. The van der Waals surface area contributed by atoms with Gasteiger partial charge in [-0.15, -0.1) is 0 Å². The fourth-order valence-electron chi connectivity index (χ4n) is 1.17. The van der Waals surface area contributed by atoms with Crippen LogP contribution in [0.15, 0.2) is 6.20 Å². The van der Waals surface area contributed by atoms with Gasteiger partial charge in [-0.1, -0.05) is 0 Å². The van der Waals surface area contributed by atoms with Crippen molar-refractivity contribution in [2.75, 3.05) is 5.73 Å².